The van der Waals surface area contributed by atoms with Crippen LogP contribution in [-0.4, -0.2) is 30.2 Å². The lowest BCUT2D eigenvalue weighted by molar-refractivity contribution is -0.136. The molecule has 3 rings (SSSR count). The Morgan fingerprint density at radius 2 is 1.90 bits per heavy atom. The van der Waals surface area contributed by atoms with Crippen molar-refractivity contribution < 1.29 is 33.0 Å². The van der Waals surface area contributed by atoms with Crippen LogP contribution in [0.5, 0.6) is 0 Å². The van der Waals surface area contributed by atoms with Crippen molar-refractivity contribution in [3.05, 3.63) is 76.5 Å². The lowest BCUT2D eigenvalue weighted by Crippen LogP contribution is -2.48. The second-order valence-electron chi connectivity index (χ2n) is 6.23. The number of rotatable bonds is 4. The van der Waals surface area contributed by atoms with Crippen LogP contribution in [0.1, 0.15) is 28.9 Å². The van der Waals surface area contributed by atoms with E-state index in [1.54, 1.807) is 0 Å². The van der Waals surface area contributed by atoms with Gasteiger partial charge in [-0.25, -0.2) is 23.2 Å². The van der Waals surface area contributed by atoms with Crippen LogP contribution in [0.2, 0.25) is 0 Å². The Labute approximate surface area is 164 Å². The number of allylic oxidation sites excluding steroid dienone is 1. The number of methoxy groups -OCH3 is 1. The summed E-state index contributed by atoms with van der Waals surface area (Å²) in [6.07, 6.45) is 0. The topological polar surface area (TPSA) is 95.9 Å². The highest BCUT2D eigenvalue weighted by molar-refractivity contribution is 6.03. The highest BCUT2D eigenvalue weighted by atomic mass is 19.1. The number of nitrogens with zero attached hydrogens (tertiary/aromatic N) is 1. The molecular formula is C20H16F2N2O5. The molecule has 0 unspecified atom stereocenters. The van der Waals surface area contributed by atoms with Crippen LogP contribution in [0, 0.1) is 11.6 Å². The van der Waals surface area contributed by atoms with Gasteiger partial charge in [0.15, 0.2) is 0 Å². The van der Waals surface area contributed by atoms with E-state index in [0.717, 1.165) is 24.1 Å². The molecule has 7 nitrogen and oxygen atoms in total. The third-order valence-corrected chi connectivity index (χ3v) is 4.51. The van der Waals surface area contributed by atoms with Crippen LogP contribution < -0.4 is 10.2 Å². The van der Waals surface area contributed by atoms with E-state index < -0.39 is 35.6 Å². The van der Waals surface area contributed by atoms with E-state index in [-0.39, 0.29) is 28.1 Å². The van der Waals surface area contributed by atoms with Gasteiger partial charge in [-0.05, 0) is 31.2 Å². The van der Waals surface area contributed by atoms with Crippen molar-refractivity contribution in [1.82, 2.24) is 5.32 Å². The number of carboxylic acids is 1. The summed E-state index contributed by atoms with van der Waals surface area (Å²) in [6, 6.07) is 6.41. The van der Waals surface area contributed by atoms with Crippen molar-refractivity contribution in [3.8, 4) is 0 Å². The Bertz CT molecular complexity index is 1050. The fourth-order valence-corrected chi connectivity index (χ4v) is 3.18. The van der Waals surface area contributed by atoms with E-state index in [2.05, 4.69) is 5.32 Å². The fourth-order valence-electron chi connectivity index (χ4n) is 3.18. The zero-order chi connectivity index (χ0) is 21.3. The van der Waals surface area contributed by atoms with E-state index in [9.17, 15) is 28.3 Å². The van der Waals surface area contributed by atoms with Gasteiger partial charge in [-0.1, -0.05) is 12.1 Å². The van der Waals surface area contributed by atoms with Crippen molar-refractivity contribution in [2.75, 3.05) is 12.0 Å². The zero-order valence-corrected chi connectivity index (χ0v) is 15.4. The number of urea groups is 1. The average molecular weight is 402 g/mol. The number of ether oxygens (including phenoxy) is 1. The van der Waals surface area contributed by atoms with Crippen LogP contribution in [-0.2, 0) is 9.53 Å². The summed E-state index contributed by atoms with van der Waals surface area (Å²) in [5, 5.41) is 11.7. The number of hydrogen-bond donors (Lipinski definition) is 2. The molecule has 0 saturated heterocycles. The molecule has 0 bridgehead atoms. The Morgan fingerprint density at radius 1 is 1.17 bits per heavy atom. The number of hydrogen-bond acceptors (Lipinski definition) is 4. The van der Waals surface area contributed by atoms with Crippen LogP contribution in [0.15, 0.2) is 53.7 Å². The van der Waals surface area contributed by atoms with Crippen molar-refractivity contribution in [2.45, 2.75) is 13.0 Å². The number of aromatic carboxylic acids is 1. The van der Waals surface area contributed by atoms with Crippen molar-refractivity contribution in [1.29, 1.82) is 0 Å². The molecule has 150 valence electrons. The Balaban J connectivity index is 2.17. The Morgan fingerprint density at radius 3 is 2.52 bits per heavy atom. The number of amides is 2. The lowest BCUT2D eigenvalue weighted by atomic mass is 9.94. The monoisotopic (exact) mass is 402 g/mol. The summed E-state index contributed by atoms with van der Waals surface area (Å²) < 4.78 is 32.4. The van der Waals surface area contributed by atoms with E-state index >= 15 is 0 Å². The smallest absolute Gasteiger partial charge is 0.337 e. The molecule has 0 spiro atoms. The molecule has 1 heterocycles. The number of benzene rings is 2. The van der Waals surface area contributed by atoms with Gasteiger partial charge in [0.05, 0.1) is 30.0 Å². The number of nitrogens with one attached hydrogen (secondary N) is 1. The van der Waals surface area contributed by atoms with Crippen LogP contribution in [0.3, 0.4) is 0 Å². The third-order valence-electron chi connectivity index (χ3n) is 4.51. The fraction of sp³-hybridized carbons (Fsp3) is 0.150. The Kier molecular flexibility index (Phi) is 5.31. The molecular weight excluding hydrogens is 386 g/mol. The molecule has 0 aromatic heterocycles. The van der Waals surface area contributed by atoms with Gasteiger partial charge in [0.2, 0.25) is 0 Å². The summed E-state index contributed by atoms with van der Waals surface area (Å²) in [5.41, 5.74) is 0.0717. The van der Waals surface area contributed by atoms with Crippen molar-refractivity contribution in [3.63, 3.8) is 0 Å². The summed E-state index contributed by atoms with van der Waals surface area (Å²) >= 11 is 0. The van der Waals surface area contributed by atoms with E-state index in [1.807, 2.05) is 0 Å². The number of carbonyl (C=O) groups excluding carboxylic acids is 2. The molecule has 0 aliphatic carbocycles. The van der Waals surface area contributed by atoms with E-state index in [0.29, 0.717) is 6.07 Å². The summed E-state index contributed by atoms with van der Waals surface area (Å²) in [6.45, 7) is 1.45. The Hall–Kier alpha value is -3.75. The highest BCUT2D eigenvalue weighted by Crippen LogP contribution is 2.35. The summed E-state index contributed by atoms with van der Waals surface area (Å²) in [5.74, 6) is -3.76. The maximum absolute atomic E-state index is 14.3. The molecule has 2 aromatic carbocycles. The number of esters is 1. The number of carbonyl (C=O) groups is 3. The van der Waals surface area contributed by atoms with Crippen LogP contribution in [0.25, 0.3) is 0 Å². The van der Waals surface area contributed by atoms with Gasteiger partial charge < -0.3 is 15.2 Å². The molecule has 1 aliphatic heterocycles. The van der Waals surface area contributed by atoms with Gasteiger partial charge in [0.1, 0.15) is 11.6 Å². The number of halogens is 2. The number of carboxylic acid groups (broad SMARTS) is 1. The molecule has 0 fully saturated rings. The van der Waals surface area contributed by atoms with Gasteiger partial charge in [-0.2, -0.15) is 0 Å². The van der Waals surface area contributed by atoms with Gasteiger partial charge in [0.25, 0.3) is 0 Å². The minimum Gasteiger partial charge on any atom is -0.478 e. The maximum atomic E-state index is 14.3. The summed E-state index contributed by atoms with van der Waals surface area (Å²) in [4.78, 5) is 37.6. The predicted octanol–water partition coefficient (Wildman–Crippen LogP) is 3.38. The standard InChI is InChI=1S/C20H16F2N2O5/c1-10-16(19(27)29-2)17(14-7-6-12(21)9-15(14)22)23-20(28)24(10)13-5-3-4-11(8-13)18(25)26/h3-9,17H,1-2H3,(H,23,28)(H,25,26)/t17-/m0/s1. The second kappa shape index (κ2) is 7.70. The predicted molar refractivity (Wildman–Crippen MR) is 98.2 cm³/mol. The molecule has 2 aromatic rings. The second-order valence-corrected chi connectivity index (χ2v) is 6.23. The average Bonchev–Trinajstić information content (AvgIpc) is 2.67. The van der Waals surface area contributed by atoms with Gasteiger partial charge in [0, 0.05) is 17.3 Å². The molecule has 9 heteroatoms. The maximum Gasteiger partial charge on any atom is 0.337 e. The normalized spacial score (nSPS) is 16.5. The first kappa shape index (κ1) is 20.0. The van der Waals surface area contributed by atoms with Crippen LogP contribution in [0.4, 0.5) is 19.3 Å². The SMILES string of the molecule is COC(=O)C1=C(C)N(c2cccc(C(=O)O)c2)C(=O)N[C@H]1c1ccc(F)cc1F. The first-order valence-corrected chi connectivity index (χ1v) is 8.42. The van der Waals surface area contributed by atoms with Crippen molar-refractivity contribution in [2.24, 2.45) is 0 Å². The molecule has 1 aliphatic rings. The molecule has 0 saturated carbocycles. The minimum absolute atomic E-state index is 0.0607. The third kappa shape index (κ3) is 3.66. The minimum atomic E-state index is -1.21. The van der Waals surface area contributed by atoms with Crippen LogP contribution >= 0.6 is 0 Å². The quantitative estimate of drug-likeness (QED) is 0.765. The zero-order valence-electron chi connectivity index (χ0n) is 15.4. The largest absolute Gasteiger partial charge is 0.478 e. The molecule has 0 radical (unpaired) electrons. The van der Waals surface area contributed by atoms with E-state index in [4.69, 9.17) is 4.74 Å². The molecule has 2 N–H and O–H groups in total. The number of anilines is 1. The first-order valence-electron chi connectivity index (χ1n) is 8.42. The van der Waals surface area contributed by atoms with Gasteiger partial charge >= 0.3 is 18.0 Å². The highest BCUT2D eigenvalue weighted by Gasteiger charge is 2.38. The lowest BCUT2D eigenvalue weighted by Gasteiger charge is -2.35. The van der Waals surface area contributed by atoms with Crippen molar-refractivity contribution >= 4 is 23.7 Å². The molecule has 1 atom stereocenters. The molecule has 29 heavy (non-hydrogen) atoms. The molecule has 2 amide bonds. The van der Waals surface area contributed by atoms with E-state index in [1.165, 1.54) is 31.2 Å². The summed E-state index contributed by atoms with van der Waals surface area (Å²) in [7, 11) is 1.13. The first-order chi connectivity index (χ1) is 13.7. The van der Waals surface area contributed by atoms with Gasteiger partial charge in [-0.3, -0.25) is 4.90 Å². The van der Waals surface area contributed by atoms with Gasteiger partial charge in [-0.15, -0.1) is 0 Å².